The zero-order chi connectivity index (χ0) is 19.4. The first-order valence-electron chi connectivity index (χ1n) is 8.42. The molecule has 1 aromatic heterocycles. The summed E-state index contributed by atoms with van der Waals surface area (Å²) in [5.41, 5.74) is 1.02. The molecule has 7 nitrogen and oxygen atoms in total. The van der Waals surface area contributed by atoms with E-state index in [2.05, 4.69) is 20.0 Å². The van der Waals surface area contributed by atoms with Gasteiger partial charge in [-0.1, -0.05) is 29.4 Å². The van der Waals surface area contributed by atoms with Crippen LogP contribution in [0.3, 0.4) is 0 Å². The van der Waals surface area contributed by atoms with Gasteiger partial charge < -0.3 is 14.7 Å². The number of nitrogens with zero attached hydrogens (tertiary/aromatic N) is 3. The number of carbonyl (C=O) groups excluding carboxylic acids is 2. The number of piperidine rings is 1. The van der Waals surface area contributed by atoms with Crippen molar-refractivity contribution in [2.45, 2.75) is 32.0 Å². The smallest absolute Gasteiger partial charge is 0.344 e. The molecule has 0 unspecified atom stereocenters. The minimum atomic E-state index is -4.70. The molecule has 1 aliphatic rings. The van der Waals surface area contributed by atoms with E-state index >= 15 is 0 Å². The van der Waals surface area contributed by atoms with E-state index in [4.69, 9.17) is 0 Å². The number of hydrogen-bond donors (Lipinski definition) is 1. The van der Waals surface area contributed by atoms with Gasteiger partial charge in [-0.15, -0.1) is 0 Å². The predicted octanol–water partition coefficient (Wildman–Crippen LogP) is 2.38. The van der Waals surface area contributed by atoms with Crippen molar-refractivity contribution in [2.24, 2.45) is 0 Å². The molecule has 0 radical (unpaired) electrons. The van der Waals surface area contributed by atoms with Gasteiger partial charge in [0.15, 0.2) is 0 Å². The zero-order valence-corrected chi connectivity index (χ0v) is 14.3. The molecule has 1 fully saturated rings. The SMILES string of the molecule is O=C(NCc1ccc(-c2noc(C(F)(F)F)n2)cc1)C(=O)N1CCCCC1. The van der Waals surface area contributed by atoms with Gasteiger partial charge in [0.1, 0.15) is 0 Å². The third-order valence-corrected chi connectivity index (χ3v) is 4.17. The molecule has 0 saturated carbocycles. The van der Waals surface area contributed by atoms with Crippen molar-refractivity contribution < 1.29 is 27.3 Å². The highest BCUT2D eigenvalue weighted by atomic mass is 19.4. The summed E-state index contributed by atoms with van der Waals surface area (Å²) < 4.78 is 41.7. The summed E-state index contributed by atoms with van der Waals surface area (Å²) in [4.78, 5) is 28.8. The molecule has 0 aliphatic carbocycles. The monoisotopic (exact) mass is 382 g/mol. The van der Waals surface area contributed by atoms with Crippen LogP contribution in [-0.4, -0.2) is 39.9 Å². The summed E-state index contributed by atoms with van der Waals surface area (Å²) in [6.45, 7) is 1.30. The first-order valence-corrected chi connectivity index (χ1v) is 8.42. The van der Waals surface area contributed by atoms with Crippen LogP contribution in [-0.2, 0) is 22.3 Å². The second-order valence-corrected chi connectivity index (χ2v) is 6.15. The van der Waals surface area contributed by atoms with Crippen molar-refractivity contribution in [1.82, 2.24) is 20.4 Å². The lowest BCUT2D eigenvalue weighted by molar-refractivity contribution is -0.159. The fourth-order valence-electron chi connectivity index (χ4n) is 2.73. The summed E-state index contributed by atoms with van der Waals surface area (Å²) in [5.74, 6) is -2.81. The van der Waals surface area contributed by atoms with E-state index in [1.54, 1.807) is 12.1 Å². The standard InChI is InChI=1S/C17H17F3N4O3/c18-17(19,20)16-22-13(23-27-16)12-6-4-11(5-7-12)10-21-14(25)15(26)24-8-2-1-3-9-24/h4-7H,1-3,8-10H2,(H,21,25). The van der Waals surface area contributed by atoms with Crippen LogP contribution in [0.25, 0.3) is 11.4 Å². The van der Waals surface area contributed by atoms with Crippen molar-refractivity contribution in [2.75, 3.05) is 13.1 Å². The fourth-order valence-corrected chi connectivity index (χ4v) is 2.73. The quantitative estimate of drug-likeness (QED) is 0.824. The Labute approximate surface area is 152 Å². The molecule has 2 aromatic rings. The van der Waals surface area contributed by atoms with Crippen LogP contribution in [0.2, 0.25) is 0 Å². The predicted molar refractivity (Wildman–Crippen MR) is 87.0 cm³/mol. The van der Waals surface area contributed by atoms with Crippen LogP contribution in [0.4, 0.5) is 13.2 Å². The second-order valence-electron chi connectivity index (χ2n) is 6.15. The van der Waals surface area contributed by atoms with Gasteiger partial charge in [-0.05, 0) is 24.8 Å². The highest BCUT2D eigenvalue weighted by Gasteiger charge is 2.38. The Kier molecular flexibility index (Phi) is 5.43. The summed E-state index contributed by atoms with van der Waals surface area (Å²) in [6, 6.07) is 6.23. The van der Waals surface area contributed by atoms with E-state index in [1.807, 2.05) is 0 Å². The molecular formula is C17H17F3N4O3. The number of aromatic nitrogens is 2. The van der Waals surface area contributed by atoms with E-state index in [0.29, 0.717) is 24.2 Å². The van der Waals surface area contributed by atoms with Crippen LogP contribution in [0, 0.1) is 0 Å². The molecule has 0 bridgehead atoms. The molecule has 2 heterocycles. The van der Waals surface area contributed by atoms with Gasteiger partial charge in [0, 0.05) is 25.2 Å². The Hall–Kier alpha value is -2.91. The number of nitrogens with one attached hydrogen (secondary N) is 1. The molecule has 0 spiro atoms. The van der Waals surface area contributed by atoms with Crippen LogP contribution >= 0.6 is 0 Å². The van der Waals surface area contributed by atoms with Crippen LogP contribution in [0.5, 0.6) is 0 Å². The maximum atomic E-state index is 12.5. The average Bonchev–Trinajstić information content (AvgIpc) is 3.17. The molecule has 144 valence electrons. The third kappa shape index (κ3) is 4.63. The van der Waals surface area contributed by atoms with Crippen LogP contribution in [0.1, 0.15) is 30.7 Å². The third-order valence-electron chi connectivity index (χ3n) is 4.17. The number of rotatable bonds is 3. The molecule has 27 heavy (non-hydrogen) atoms. The van der Waals surface area contributed by atoms with Gasteiger partial charge in [0.2, 0.25) is 5.82 Å². The number of alkyl halides is 3. The summed E-state index contributed by atoms with van der Waals surface area (Å²) in [7, 11) is 0. The maximum Gasteiger partial charge on any atom is 0.471 e. The number of likely N-dealkylation sites (tertiary alicyclic amines) is 1. The van der Waals surface area contributed by atoms with E-state index < -0.39 is 23.9 Å². The number of halogens is 3. The number of benzene rings is 1. The lowest BCUT2D eigenvalue weighted by Crippen LogP contribution is -2.44. The van der Waals surface area contributed by atoms with Crippen LogP contribution < -0.4 is 5.32 Å². The van der Waals surface area contributed by atoms with Gasteiger partial charge in [-0.25, -0.2) is 0 Å². The van der Waals surface area contributed by atoms with E-state index in [0.717, 1.165) is 19.3 Å². The molecule has 3 rings (SSSR count). The van der Waals surface area contributed by atoms with Gasteiger partial charge in [0.25, 0.3) is 0 Å². The number of hydrogen-bond acceptors (Lipinski definition) is 5. The molecule has 1 saturated heterocycles. The minimum absolute atomic E-state index is 0.124. The lowest BCUT2D eigenvalue weighted by Gasteiger charge is -2.25. The van der Waals surface area contributed by atoms with E-state index in [9.17, 15) is 22.8 Å². The first-order chi connectivity index (χ1) is 12.8. The highest BCUT2D eigenvalue weighted by molar-refractivity contribution is 6.34. The highest BCUT2D eigenvalue weighted by Crippen LogP contribution is 2.29. The second kappa shape index (κ2) is 7.77. The molecule has 1 aliphatic heterocycles. The molecule has 0 atom stereocenters. The minimum Gasteiger partial charge on any atom is -0.344 e. The maximum absolute atomic E-state index is 12.5. The van der Waals surface area contributed by atoms with Crippen molar-refractivity contribution in [1.29, 1.82) is 0 Å². The van der Waals surface area contributed by atoms with E-state index in [-0.39, 0.29) is 12.4 Å². The van der Waals surface area contributed by atoms with Gasteiger partial charge in [0.05, 0.1) is 0 Å². The lowest BCUT2D eigenvalue weighted by atomic mass is 10.1. The van der Waals surface area contributed by atoms with Gasteiger partial charge in [-0.2, -0.15) is 18.2 Å². The molecule has 1 N–H and O–H groups in total. The Morgan fingerprint density at radius 2 is 1.78 bits per heavy atom. The molecule has 10 heteroatoms. The molecule has 1 aromatic carbocycles. The summed E-state index contributed by atoms with van der Waals surface area (Å²) in [5, 5.41) is 5.86. The topological polar surface area (TPSA) is 88.3 Å². The van der Waals surface area contributed by atoms with Crippen molar-refractivity contribution in [3.63, 3.8) is 0 Å². The normalized spacial score (nSPS) is 14.9. The fraction of sp³-hybridized carbons (Fsp3) is 0.412. The zero-order valence-electron chi connectivity index (χ0n) is 14.3. The molecular weight excluding hydrogens is 365 g/mol. The summed E-state index contributed by atoms with van der Waals surface area (Å²) >= 11 is 0. The number of carbonyl (C=O) groups is 2. The van der Waals surface area contributed by atoms with Gasteiger partial charge in [-0.3, -0.25) is 9.59 Å². The largest absolute Gasteiger partial charge is 0.471 e. The van der Waals surface area contributed by atoms with Crippen LogP contribution in [0.15, 0.2) is 28.8 Å². The average molecular weight is 382 g/mol. The first kappa shape index (κ1) is 18.9. The number of amides is 2. The van der Waals surface area contributed by atoms with E-state index in [1.165, 1.54) is 17.0 Å². The van der Waals surface area contributed by atoms with Crippen molar-refractivity contribution in [3.8, 4) is 11.4 Å². The Morgan fingerprint density at radius 1 is 1.11 bits per heavy atom. The molecule has 2 amide bonds. The Balaban J connectivity index is 1.57. The van der Waals surface area contributed by atoms with Crippen molar-refractivity contribution in [3.05, 3.63) is 35.7 Å². The Bertz CT molecular complexity index is 812. The van der Waals surface area contributed by atoms with Gasteiger partial charge >= 0.3 is 23.9 Å². The van der Waals surface area contributed by atoms with Crippen molar-refractivity contribution >= 4 is 11.8 Å². The summed E-state index contributed by atoms with van der Waals surface area (Å²) in [6.07, 6.45) is -1.85. The Morgan fingerprint density at radius 3 is 2.37 bits per heavy atom.